The van der Waals surface area contributed by atoms with E-state index in [1.165, 1.54) is 6.26 Å². The van der Waals surface area contributed by atoms with Crippen LogP contribution in [0.3, 0.4) is 0 Å². The fourth-order valence-corrected chi connectivity index (χ4v) is 5.16. The average molecular weight is 503 g/mol. The molecule has 0 saturated carbocycles. The molecule has 1 saturated heterocycles. The van der Waals surface area contributed by atoms with Crippen molar-refractivity contribution in [3.05, 3.63) is 77.9 Å². The van der Waals surface area contributed by atoms with E-state index >= 15 is 0 Å². The lowest BCUT2D eigenvalue weighted by molar-refractivity contribution is 0.306. The highest BCUT2D eigenvalue weighted by molar-refractivity contribution is 7.90. The highest BCUT2D eigenvalue weighted by Crippen LogP contribution is 2.37. The van der Waals surface area contributed by atoms with Gasteiger partial charge in [0.15, 0.2) is 15.7 Å². The van der Waals surface area contributed by atoms with Gasteiger partial charge in [-0.15, -0.1) is 10.2 Å². The van der Waals surface area contributed by atoms with Gasteiger partial charge in [-0.3, -0.25) is 0 Å². The van der Waals surface area contributed by atoms with Crippen molar-refractivity contribution < 1.29 is 13.2 Å². The second-order valence-electron chi connectivity index (χ2n) is 9.34. The summed E-state index contributed by atoms with van der Waals surface area (Å²) in [6, 6.07) is 21.2. The van der Waals surface area contributed by atoms with Crippen LogP contribution in [0.1, 0.15) is 24.0 Å². The average Bonchev–Trinajstić information content (AvgIpc) is 2.88. The van der Waals surface area contributed by atoms with E-state index in [1.807, 2.05) is 37.3 Å². The van der Waals surface area contributed by atoms with Gasteiger partial charge in [-0.1, -0.05) is 48.0 Å². The first-order valence-electron chi connectivity index (χ1n) is 12.1. The van der Waals surface area contributed by atoms with E-state index in [-0.39, 0.29) is 4.90 Å². The molecule has 1 aromatic heterocycles. The molecule has 1 aliphatic heterocycles. The number of hydrogen-bond donors (Lipinski definition) is 2. The van der Waals surface area contributed by atoms with Crippen LogP contribution in [0.25, 0.3) is 22.0 Å². The van der Waals surface area contributed by atoms with Crippen LogP contribution in [0.5, 0.6) is 5.75 Å². The van der Waals surface area contributed by atoms with Gasteiger partial charge in [0.05, 0.1) is 4.90 Å². The predicted molar refractivity (Wildman–Crippen MR) is 143 cm³/mol. The second-order valence-corrected chi connectivity index (χ2v) is 11.4. The number of piperidine rings is 1. The zero-order valence-electron chi connectivity index (χ0n) is 20.5. The van der Waals surface area contributed by atoms with Crippen LogP contribution in [0.4, 0.5) is 5.82 Å². The van der Waals surface area contributed by atoms with Gasteiger partial charge in [0.1, 0.15) is 18.1 Å². The number of rotatable bonds is 7. The maximum absolute atomic E-state index is 12.3. The zero-order valence-corrected chi connectivity index (χ0v) is 21.3. The highest BCUT2D eigenvalue weighted by Gasteiger charge is 2.20. The summed E-state index contributed by atoms with van der Waals surface area (Å²) in [4.78, 5) is 0.200. The van der Waals surface area contributed by atoms with Crippen LogP contribution in [-0.2, 0) is 16.4 Å². The van der Waals surface area contributed by atoms with Crippen molar-refractivity contribution in [2.75, 3.05) is 24.7 Å². The zero-order chi connectivity index (χ0) is 25.1. The molecule has 8 heteroatoms. The summed E-state index contributed by atoms with van der Waals surface area (Å²) in [5, 5.41) is 18.1. The lowest BCUT2D eigenvalue weighted by Gasteiger charge is -2.25. The quantitative estimate of drug-likeness (QED) is 0.377. The molecule has 1 fully saturated rings. The molecule has 0 spiro atoms. The van der Waals surface area contributed by atoms with E-state index in [0.29, 0.717) is 29.7 Å². The van der Waals surface area contributed by atoms with Gasteiger partial charge in [0, 0.05) is 35.2 Å². The summed E-state index contributed by atoms with van der Waals surface area (Å²) >= 11 is 0. The maximum Gasteiger partial charge on any atom is 0.175 e. The molecule has 1 atom stereocenters. The second kappa shape index (κ2) is 10.2. The molecular weight excluding hydrogens is 472 g/mol. The van der Waals surface area contributed by atoms with E-state index in [9.17, 15) is 8.42 Å². The van der Waals surface area contributed by atoms with Crippen molar-refractivity contribution in [3.63, 3.8) is 0 Å². The molecule has 1 aliphatic rings. The summed E-state index contributed by atoms with van der Waals surface area (Å²) in [7, 11) is -3.41. The molecule has 3 aromatic carbocycles. The lowest BCUT2D eigenvalue weighted by Crippen LogP contribution is -2.38. The highest BCUT2D eigenvalue weighted by atomic mass is 32.2. The number of anilines is 1. The van der Waals surface area contributed by atoms with Crippen LogP contribution < -0.4 is 15.4 Å². The Labute approximate surface area is 211 Å². The van der Waals surface area contributed by atoms with Gasteiger partial charge >= 0.3 is 0 Å². The summed E-state index contributed by atoms with van der Waals surface area (Å²) < 4.78 is 30.8. The molecule has 186 valence electrons. The Morgan fingerprint density at radius 3 is 2.61 bits per heavy atom. The molecule has 0 radical (unpaired) electrons. The van der Waals surface area contributed by atoms with Gasteiger partial charge in [0.2, 0.25) is 0 Å². The molecule has 0 aliphatic carbocycles. The van der Waals surface area contributed by atoms with E-state index in [4.69, 9.17) is 4.74 Å². The topological polar surface area (TPSA) is 93.2 Å². The third-order valence-corrected chi connectivity index (χ3v) is 7.56. The molecular formula is C28H30N4O3S. The van der Waals surface area contributed by atoms with Crippen LogP contribution in [0.15, 0.2) is 71.6 Å². The number of sulfone groups is 1. The van der Waals surface area contributed by atoms with Crippen molar-refractivity contribution in [3.8, 4) is 17.0 Å². The van der Waals surface area contributed by atoms with Crippen LogP contribution in [0.2, 0.25) is 0 Å². The van der Waals surface area contributed by atoms with Crippen LogP contribution in [-0.4, -0.2) is 44.0 Å². The Morgan fingerprint density at radius 2 is 1.86 bits per heavy atom. The third kappa shape index (κ3) is 5.34. The maximum atomic E-state index is 12.3. The third-order valence-electron chi connectivity index (χ3n) is 6.45. The first-order chi connectivity index (χ1) is 17.4. The van der Waals surface area contributed by atoms with Crippen LogP contribution >= 0.6 is 0 Å². The number of nitrogens with one attached hydrogen (secondary N) is 2. The monoisotopic (exact) mass is 502 g/mol. The van der Waals surface area contributed by atoms with Crippen LogP contribution in [0, 0.1) is 6.92 Å². The number of nitrogens with zero attached hydrogens (tertiary/aromatic N) is 2. The van der Waals surface area contributed by atoms with Gasteiger partial charge in [-0.25, -0.2) is 8.42 Å². The van der Waals surface area contributed by atoms with E-state index in [1.54, 1.807) is 18.2 Å². The standard InChI is InChI=1S/C28H30N4O3S/c1-19-10-12-23-25(15-19)27(31-32-28(23)30-21-9-6-14-29-17-21)24-13-11-22(36(2,33)34)16-26(24)35-18-20-7-4-3-5-8-20/h3-5,7-8,10-13,15-16,21,29H,6,9,14,17-18H2,1-2H3,(H,30,32)/t21-/m1/s1. The number of fused-ring (bicyclic) bond motifs is 1. The van der Waals surface area contributed by atoms with Crippen molar-refractivity contribution in [1.82, 2.24) is 15.5 Å². The molecule has 2 N–H and O–H groups in total. The Kier molecular flexibility index (Phi) is 6.89. The fraction of sp³-hybridized carbons (Fsp3) is 0.286. The molecule has 0 bridgehead atoms. The van der Waals surface area contributed by atoms with E-state index in [2.05, 4.69) is 39.0 Å². The molecule has 5 rings (SSSR count). The molecule has 0 amide bonds. The van der Waals surface area contributed by atoms with Gasteiger partial charge < -0.3 is 15.4 Å². The molecule has 2 heterocycles. The van der Waals surface area contributed by atoms with Crippen molar-refractivity contribution >= 4 is 26.4 Å². The van der Waals surface area contributed by atoms with E-state index < -0.39 is 9.84 Å². The SMILES string of the molecule is Cc1ccc2c(N[C@@H]3CCCNC3)nnc(-c3ccc(S(C)(=O)=O)cc3OCc3ccccc3)c2c1. The van der Waals surface area contributed by atoms with Crippen molar-refractivity contribution in [1.29, 1.82) is 0 Å². The van der Waals surface area contributed by atoms with Gasteiger partial charge in [-0.2, -0.15) is 0 Å². The smallest absolute Gasteiger partial charge is 0.175 e. The van der Waals surface area contributed by atoms with Crippen molar-refractivity contribution in [2.45, 2.75) is 37.3 Å². The molecule has 0 unspecified atom stereocenters. The Hall–Kier alpha value is -3.49. The minimum absolute atomic E-state index is 0.200. The molecule has 4 aromatic rings. The minimum atomic E-state index is -3.41. The van der Waals surface area contributed by atoms with E-state index in [0.717, 1.165) is 53.6 Å². The lowest BCUT2D eigenvalue weighted by atomic mass is 10.0. The molecule has 36 heavy (non-hydrogen) atoms. The molecule has 7 nitrogen and oxygen atoms in total. The summed E-state index contributed by atoms with van der Waals surface area (Å²) in [6.07, 6.45) is 3.39. The number of benzene rings is 3. The largest absolute Gasteiger partial charge is 0.488 e. The Bertz CT molecular complexity index is 1480. The Balaban J connectivity index is 1.60. The number of hydrogen-bond acceptors (Lipinski definition) is 7. The first-order valence-corrected chi connectivity index (χ1v) is 14.0. The number of ether oxygens (including phenoxy) is 1. The summed E-state index contributed by atoms with van der Waals surface area (Å²) in [5.41, 5.74) is 3.44. The normalized spacial score (nSPS) is 16.1. The number of aryl methyl sites for hydroxylation is 1. The fourth-order valence-electron chi connectivity index (χ4n) is 4.53. The predicted octanol–water partition coefficient (Wildman–Crippen LogP) is 4.75. The number of aromatic nitrogens is 2. The van der Waals surface area contributed by atoms with Gasteiger partial charge in [-0.05, 0) is 56.1 Å². The van der Waals surface area contributed by atoms with Gasteiger partial charge in [0.25, 0.3) is 0 Å². The summed E-state index contributed by atoms with van der Waals surface area (Å²) in [6.45, 7) is 4.28. The minimum Gasteiger partial charge on any atom is -0.488 e. The summed E-state index contributed by atoms with van der Waals surface area (Å²) in [5.74, 6) is 1.21. The first kappa shape index (κ1) is 24.2. The van der Waals surface area contributed by atoms with Crippen molar-refractivity contribution in [2.24, 2.45) is 0 Å². The Morgan fingerprint density at radius 1 is 1.03 bits per heavy atom.